The first-order valence-electron chi connectivity index (χ1n) is 7.92. The van der Waals surface area contributed by atoms with Gasteiger partial charge in [-0.3, -0.25) is 0 Å². The molecule has 2 fully saturated rings. The Morgan fingerprint density at radius 1 is 1.06 bits per heavy atom. The predicted octanol–water partition coefficient (Wildman–Crippen LogP) is 6.03. The molecule has 2 heteroatoms. The van der Waals surface area contributed by atoms with Gasteiger partial charge in [-0.05, 0) is 42.8 Å². The highest BCUT2D eigenvalue weighted by Crippen LogP contribution is 2.42. The third kappa shape index (κ3) is 4.44. The summed E-state index contributed by atoms with van der Waals surface area (Å²) in [6.45, 7) is 2.44. The Morgan fingerprint density at radius 3 is 2.39 bits per heavy atom. The Bertz CT molecular complexity index is 233. The molecule has 2 aliphatic rings. The van der Waals surface area contributed by atoms with Crippen LogP contribution in [0.2, 0.25) is 0 Å². The maximum atomic E-state index is 3.83. The summed E-state index contributed by atoms with van der Waals surface area (Å²) in [5.74, 6) is 2.39. The smallest absolute Gasteiger partial charge is 0.00958 e. The van der Waals surface area contributed by atoms with Gasteiger partial charge >= 0.3 is 0 Å². The summed E-state index contributed by atoms with van der Waals surface area (Å²) in [7, 11) is 0. The SMILES string of the molecule is CC1CCCC(SCC2(CBr)CCCCCC2)C1. The molecule has 2 aliphatic carbocycles. The van der Waals surface area contributed by atoms with E-state index in [-0.39, 0.29) is 0 Å². The van der Waals surface area contributed by atoms with Crippen molar-refractivity contribution in [3.8, 4) is 0 Å². The van der Waals surface area contributed by atoms with Crippen LogP contribution >= 0.6 is 27.7 Å². The van der Waals surface area contributed by atoms with E-state index < -0.39 is 0 Å². The second-order valence-electron chi connectivity index (χ2n) is 6.75. The molecule has 2 atom stereocenters. The van der Waals surface area contributed by atoms with Gasteiger partial charge in [-0.25, -0.2) is 0 Å². The molecule has 2 unspecified atom stereocenters. The van der Waals surface area contributed by atoms with Gasteiger partial charge in [-0.2, -0.15) is 11.8 Å². The molecule has 106 valence electrons. The molecule has 0 aromatic carbocycles. The van der Waals surface area contributed by atoms with E-state index in [1.54, 1.807) is 0 Å². The molecule has 0 aliphatic heterocycles. The van der Waals surface area contributed by atoms with Crippen LogP contribution < -0.4 is 0 Å². The van der Waals surface area contributed by atoms with E-state index in [0.717, 1.165) is 11.2 Å². The molecule has 0 saturated heterocycles. The zero-order valence-electron chi connectivity index (χ0n) is 11.9. The molecule has 0 bridgehead atoms. The molecule has 0 nitrogen and oxygen atoms in total. The maximum Gasteiger partial charge on any atom is 0.00958 e. The molecule has 2 saturated carbocycles. The second kappa shape index (κ2) is 7.57. The van der Waals surface area contributed by atoms with E-state index in [4.69, 9.17) is 0 Å². The lowest BCUT2D eigenvalue weighted by Gasteiger charge is -2.34. The molecule has 0 aromatic heterocycles. The van der Waals surface area contributed by atoms with Gasteiger partial charge in [0.1, 0.15) is 0 Å². The van der Waals surface area contributed by atoms with Crippen molar-refractivity contribution in [1.82, 2.24) is 0 Å². The number of rotatable bonds is 4. The van der Waals surface area contributed by atoms with Crippen molar-refractivity contribution in [1.29, 1.82) is 0 Å². The molecular formula is C16H29BrS. The van der Waals surface area contributed by atoms with E-state index in [1.807, 2.05) is 0 Å². The number of halogens is 1. The summed E-state index contributed by atoms with van der Waals surface area (Å²) in [5.41, 5.74) is 0.627. The standard InChI is InChI=1S/C16H29BrS/c1-14-7-6-8-15(11-14)18-13-16(12-17)9-4-2-3-5-10-16/h14-15H,2-13H2,1H3. The van der Waals surface area contributed by atoms with Crippen LogP contribution in [-0.4, -0.2) is 16.3 Å². The van der Waals surface area contributed by atoms with Crippen molar-refractivity contribution in [2.75, 3.05) is 11.1 Å². The van der Waals surface area contributed by atoms with Crippen LogP contribution in [0.5, 0.6) is 0 Å². The van der Waals surface area contributed by atoms with Crippen molar-refractivity contribution in [2.45, 2.75) is 76.4 Å². The molecule has 0 radical (unpaired) electrons. The summed E-state index contributed by atoms with van der Waals surface area (Å²) in [4.78, 5) is 0. The van der Waals surface area contributed by atoms with Crippen LogP contribution in [0.25, 0.3) is 0 Å². The van der Waals surface area contributed by atoms with E-state index in [2.05, 4.69) is 34.6 Å². The summed E-state index contributed by atoms with van der Waals surface area (Å²) in [6, 6.07) is 0. The first kappa shape index (κ1) is 15.2. The van der Waals surface area contributed by atoms with Gasteiger partial charge in [-0.1, -0.05) is 61.4 Å². The first-order chi connectivity index (χ1) is 8.74. The van der Waals surface area contributed by atoms with Crippen LogP contribution in [0.3, 0.4) is 0 Å². The fraction of sp³-hybridized carbons (Fsp3) is 1.00. The Morgan fingerprint density at radius 2 is 1.78 bits per heavy atom. The van der Waals surface area contributed by atoms with Gasteiger partial charge < -0.3 is 0 Å². The molecular weight excluding hydrogens is 304 g/mol. The number of hydrogen-bond donors (Lipinski definition) is 0. The summed E-state index contributed by atoms with van der Waals surface area (Å²) >= 11 is 6.14. The molecule has 18 heavy (non-hydrogen) atoms. The molecule has 0 spiro atoms. The van der Waals surface area contributed by atoms with Crippen molar-refractivity contribution in [2.24, 2.45) is 11.3 Å². The van der Waals surface area contributed by atoms with E-state index >= 15 is 0 Å². The number of thioether (sulfide) groups is 1. The molecule has 0 N–H and O–H groups in total. The minimum absolute atomic E-state index is 0.627. The lowest BCUT2D eigenvalue weighted by molar-refractivity contribution is 0.331. The van der Waals surface area contributed by atoms with E-state index in [9.17, 15) is 0 Å². The van der Waals surface area contributed by atoms with Gasteiger partial charge in [0.15, 0.2) is 0 Å². The fourth-order valence-electron chi connectivity index (χ4n) is 3.62. The van der Waals surface area contributed by atoms with Gasteiger partial charge in [0.2, 0.25) is 0 Å². The topological polar surface area (TPSA) is 0 Å². The van der Waals surface area contributed by atoms with E-state index in [0.29, 0.717) is 5.41 Å². The minimum Gasteiger partial charge on any atom is -0.158 e. The van der Waals surface area contributed by atoms with E-state index in [1.165, 1.54) is 75.3 Å². The zero-order valence-corrected chi connectivity index (χ0v) is 14.3. The first-order valence-corrected chi connectivity index (χ1v) is 10.1. The fourth-order valence-corrected chi connectivity index (χ4v) is 6.42. The third-order valence-electron chi connectivity index (χ3n) is 4.96. The van der Waals surface area contributed by atoms with Crippen LogP contribution in [0.1, 0.15) is 71.1 Å². The average Bonchev–Trinajstić information content (AvgIpc) is 2.63. The number of hydrogen-bond acceptors (Lipinski definition) is 1. The minimum atomic E-state index is 0.627. The quantitative estimate of drug-likeness (QED) is 0.447. The van der Waals surface area contributed by atoms with Gasteiger partial charge in [-0.15, -0.1) is 0 Å². The van der Waals surface area contributed by atoms with Gasteiger partial charge in [0.05, 0.1) is 0 Å². The lowest BCUT2D eigenvalue weighted by Crippen LogP contribution is -2.27. The highest BCUT2D eigenvalue weighted by molar-refractivity contribution is 9.09. The molecule has 0 heterocycles. The lowest BCUT2D eigenvalue weighted by atomic mass is 9.85. The predicted molar refractivity (Wildman–Crippen MR) is 87.8 cm³/mol. The monoisotopic (exact) mass is 332 g/mol. The summed E-state index contributed by atoms with van der Waals surface area (Å²) in [5, 5.41) is 2.20. The van der Waals surface area contributed by atoms with Crippen molar-refractivity contribution >= 4 is 27.7 Å². The molecule has 0 aromatic rings. The number of alkyl halides is 1. The maximum absolute atomic E-state index is 3.83. The zero-order chi connectivity index (χ0) is 12.8. The summed E-state index contributed by atoms with van der Waals surface area (Å²) < 4.78 is 0. The van der Waals surface area contributed by atoms with Gasteiger partial charge in [0, 0.05) is 10.6 Å². The highest BCUT2D eigenvalue weighted by Gasteiger charge is 2.31. The normalized spacial score (nSPS) is 33.0. The second-order valence-corrected chi connectivity index (χ2v) is 8.60. The largest absolute Gasteiger partial charge is 0.158 e. The van der Waals surface area contributed by atoms with Crippen molar-refractivity contribution in [3.63, 3.8) is 0 Å². The van der Waals surface area contributed by atoms with Crippen LogP contribution in [0.15, 0.2) is 0 Å². The van der Waals surface area contributed by atoms with Gasteiger partial charge in [0.25, 0.3) is 0 Å². The van der Waals surface area contributed by atoms with Crippen molar-refractivity contribution in [3.05, 3.63) is 0 Å². The Kier molecular flexibility index (Phi) is 6.40. The summed E-state index contributed by atoms with van der Waals surface area (Å²) in [6.07, 6.45) is 14.7. The van der Waals surface area contributed by atoms with Crippen LogP contribution in [-0.2, 0) is 0 Å². The Labute approximate surface area is 126 Å². The van der Waals surface area contributed by atoms with Crippen LogP contribution in [0, 0.1) is 11.3 Å². The molecule has 0 amide bonds. The highest BCUT2D eigenvalue weighted by atomic mass is 79.9. The Hall–Kier alpha value is 0.830. The Balaban J connectivity index is 1.81. The van der Waals surface area contributed by atoms with Crippen LogP contribution in [0.4, 0.5) is 0 Å². The average molecular weight is 333 g/mol. The third-order valence-corrected chi connectivity index (χ3v) is 7.83. The molecule has 2 rings (SSSR count). The van der Waals surface area contributed by atoms with Crippen molar-refractivity contribution < 1.29 is 0 Å².